The van der Waals surface area contributed by atoms with Gasteiger partial charge in [-0.05, 0) is 31.0 Å². The number of aromatic amines is 1. The molecule has 0 spiro atoms. The van der Waals surface area contributed by atoms with Crippen molar-refractivity contribution in [1.82, 2.24) is 10.3 Å². The zero-order chi connectivity index (χ0) is 15.2. The van der Waals surface area contributed by atoms with E-state index in [2.05, 4.69) is 10.3 Å². The molecule has 0 bridgehead atoms. The lowest BCUT2D eigenvalue weighted by Crippen LogP contribution is -2.34. The second-order valence-electron chi connectivity index (χ2n) is 4.95. The lowest BCUT2D eigenvalue weighted by atomic mass is 10.0. The zero-order valence-electron chi connectivity index (χ0n) is 11.7. The lowest BCUT2D eigenvalue weighted by molar-refractivity contribution is 0.0916. The average molecular weight is 302 g/mol. The molecular formula is C16H18N2O2S. The third-order valence-corrected chi connectivity index (χ3v) is 3.54. The highest BCUT2D eigenvalue weighted by Crippen LogP contribution is 2.17. The number of rotatable bonds is 5. The van der Waals surface area contributed by atoms with Gasteiger partial charge in [0.1, 0.15) is 4.64 Å². The Kier molecular flexibility index (Phi) is 5.25. The van der Waals surface area contributed by atoms with Crippen LogP contribution < -0.4 is 5.32 Å². The van der Waals surface area contributed by atoms with Crippen molar-refractivity contribution in [3.05, 3.63) is 64.4 Å². The number of hydrogen-bond acceptors (Lipinski definition) is 3. The van der Waals surface area contributed by atoms with E-state index in [0.29, 0.717) is 16.6 Å². The Morgan fingerprint density at radius 3 is 2.67 bits per heavy atom. The first kappa shape index (κ1) is 15.4. The maximum absolute atomic E-state index is 12.1. The standard InChI is InChI=1S/C16H18N2O2S/c1-11(10-14(19)12-6-3-2-4-7-12)18-15(20)13-8-5-9-17-16(13)21/h2-9,11,14,19H,10H2,1H3,(H,17,21)(H,18,20)/t11-,14-/m0/s1. The molecule has 2 rings (SSSR count). The van der Waals surface area contributed by atoms with Crippen LogP contribution in [0.15, 0.2) is 48.7 Å². The molecule has 0 aliphatic rings. The number of nitrogens with one attached hydrogen (secondary N) is 2. The monoisotopic (exact) mass is 302 g/mol. The van der Waals surface area contributed by atoms with Crippen LogP contribution >= 0.6 is 12.2 Å². The van der Waals surface area contributed by atoms with E-state index in [1.165, 1.54) is 0 Å². The summed E-state index contributed by atoms with van der Waals surface area (Å²) in [5.41, 5.74) is 1.28. The van der Waals surface area contributed by atoms with Crippen LogP contribution in [-0.4, -0.2) is 22.0 Å². The van der Waals surface area contributed by atoms with Crippen LogP contribution in [0.2, 0.25) is 0 Å². The van der Waals surface area contributed by atoms with Crippen LogP contribution in [0.3, 0.4) is 0 Å². The van der Waals surface area contributed by atoms with Crippen molar-refractivity contribution in [2.45, 2.75) is 25.5 Å². The zero-order valence-corrected chi connectivity index (χ0v) is 12.6. The topological polar surface area (TPSA) is 65.1 Å². The molecule has 0 unspecified atom stereocenters. The van der Waals surface area contributed by atoms with Gasteiger partial charge in [0.05, 0.1) is 11.7 Å². The summed E-state index contributed by atoms with van der Waals surface area (Å²) in [6.45, 7) is 1.86. The van der Waals surface area contributed by atoms with Crippen molar-refractivity contribution >= 4 is 18.1 Å². The lowest BCUT2D eigenvalue weighted by Gasteiger charge is -2.18. The van der Waals surface area contributed by atoms with Crippen LogP contribution in [0.25, 0.3) is 0 Å². The van der Waals surface area contributed by atoms with Gasteiger partial charge in [-0.1, -0.05) is 42.5 Å². The van der Waals surface area contributed by atoms with Crippen molar-refractivity contribution in [1.29, 1.82) is 0 Å². The molecule has 3 N–H and O–H groups in total. The Hall–Kier alpha value is -1.98. The predicted molar refractivity (Wildman–Crippen MR) is 84.6 cm³/mol. The third kappa shape index (κ3) is 4.24. The molecule has 1 aromatic heterocycles. The van der Waals surface area contributed by atoms with Gasteiger partial charge in [0, 0.05) is 12.2 Å². The highest BCUT2D eigenvalue weighted by Gasteiger charge is 2.15. The molecule has 21 heavy (non-hydrogen) atoms. The molecule has 1 aromatic carbocycles. The second-order valence-corrected chi connectivity index (χ2v) is 5.36. The van der Waals surface area contributed by atoms with Gasteiger partial charge >= 0.3 is 0 Å². The number of pyridine rings is 1. The number of aliphatic hydroxyl groups excluding tert-OH is 1. The summed E-state index contributed by atoms with van der Waals surface area (Å²) in [5.74, 6) is -0.232. The molecule has 0 fully saturated rings. The first-order chi connectivity index (χ1) is 10.1. The van der Waals surface area contributed by atoms with E-state index < -0.39 is 6.10 Å². The fourth-order valence-corrected chi connectivity index (χ4v) is 2.34. The minimum Gasteiger partial charge on any atom is -0.388 e. The molecule has 0 saturated heterocycles. The Morgan fingerprint density at radius 2 is 2.00 bits per heavy atom. The van der Waals surface area contributed by atoms with Gasteiger partial charge in [-0.2, -0.15) is 0 Å². The molecule has 0 aliphatic carbocycles. The Labute approximate surface area is 128 Å². The molecule has 0 radical (unpaired) electrons. The Morgan fingerprint density at radius 1 is 1.29 bits per heavy atom. The number of hydrogen-bond donors (Lipinski definition) is 3. The summed E-state index contributed by atoms with van der Waals surface area (Å²) >= 11 is 5.08. The number of aliphatic hydroxyl groups is 1. The van der Waals surface area contributed by atoms with Gasteiger partial charge in [-0.15, -0.1) is 0 Å². The van der Waals surface area contributed by atoms with Crippen LogP contribution in [-0.2, 0) is 0 Å². The molecular weight excluding hydrogens is 284 g/mol. The minimum absolute atomic E-state index is 0.165. The SMILES string of the molecule is C[C@@H](C[C@H](O)c1ccccc1)NC(=O)c1ccc[nH]c1=S. The number of carbonyl (C=O) groups excluding carboxylic acids is 1. The van der Waals surface area contributed by atoms with Gasteiger partial charge in [0.15, 0.2) is 0 Å². The van der Waals surface area contributed by atoms with Crippen molar-refractivity contribution in [3.63, 3.8) is 0 Å². The van der Waals surface area contributed by atoms with E-state index in [-0.39, 0.29) is 11.9 Å². The molecule has 1 amide bonds. The number of aromatic nitrogens is 1. The van der Waals surface area contributed by atoms with Crippen LogP contribution in [0, 0.1) is 4.64 Å². The fourth-order valence-electron chi connectivity index (χ4n) is 2.11. The number of H-pyrrole nitrogens is 1. The van der Waals surface area contributed by atoms with Crippen LogP contribution in [0.5, 0.6) is 0 Å². The first-order valence-electron chi connectivity index (χ1n) is 6.79. The number of benzene rings is 1. The minimum atomic E-state index is -0.605. The van der Waals surface area contributed by atoms with Crippen LogP contribution in [0.1, 0.15) is 35.4 Å². The molecule has 2 atom stereocenters. The smallest absolute Gasteiger partial charge is 0.254 e. The quantitative estimate of drug-likeness (QED) is 0.744. The normalized spacial score (nSPS) is 13.4. The molecule has 5 heteroatoms. The summed E-state index contributed by atoms with van der Waals surface area (Å²) in [6.07, 6.45) is 1.52. The summed E-state index contributed by atoms with van der Waals surface area (Å²) in [7, 11) is 0. The molecule has 0 saturated carbocycles. The first-order valence-corrected chi connectivity index (χ1v) is 7.20. The summed E-state index contributed by atoms with van der Waals surface area (Å²) < 4.78 is 0.408. The van der Waals surface area contributed by atoms with E-state index in [4.69, 9.17) is 12.2 Å². The maximum atomic E-state index is 12.1. The van der Waals surface area contributed by atoms with Gasteiger partial charge in [-0.25, -0.2) is 0 Å². The highest BCUT2D eigenvalue weighted by atomic mass is 32.1. The van der Waals surface area contributed by atoms with Crippen molar-refractivity contribution < 1.29 is 9.90 Å². The average Bonchev–Trinajstić information content (AvgIpc) is 2.48. The van der Waals surface area contributed by atoms with Gasteiger partial charge < -0.3 is 15.4 Å². The second kappa shape index (κ2) is 7.15. The van der Waals surface area contributed by atoms with Crippen molar-refractivity contribution in [2.75, 3.05) is 0 Å². The summed E-state index contributed by atoms with van der Waals surface area (Å²) in [4.78, 5) is 14.9. The Bertz CT molecular complexity index is 655. The van der Waals surface area contributed by atoms with Gasteiger partial charge in [0.25, 0.3) is 5.91 Å². The molecule has 0 aliphatic heterocycles. The van der Waals surface area contributed by atoms with E-state index in [9.17, 15) is 9.90 Å². The molecule has 1 heterocycles. The Balaban J connectivity index is 1.96. The van der Waals surface area contributed by atoms with Gasteiger partial charge in [-0.3, -0.25) is 4.79 Å². The van der Waals surface area contributed by atoms with E-state index in [1.54, 1.807) is 18.3 Å². The summed E-state index contributed by atoms with van der Waals surface area (Å²) in [5, 5.41) is 13.0. The maximum Gasteiger partial charge on any atom is 0.254 e. The van der Waals surface area contributed by atoms with Crippen molar-refractivity contribution in [2.24, 2.45) is 0 Å². The highest BCUT2D eigenvalue weighted by molar-refractivity contribution is 7.71. The van der Waals surface area contributed by atoms with E-state index in [0.717, 1.165) is 5.56 Å². The molecule has 2 aromatic rings. The molecule has 4 nitrogen and oxygen atoms in total. The fraction of sp³-hybridized carbons (Fsp3) is 0.250. The largest absolute Gasteiger partial charge is 0.388 e. The van der Waals surface area contributed by atoms with E-state index >= 15 is 0 Å². The third-order valence-electron chi connectivity index (χ3n) is 3.20. The number of amides is 1. The van der Waals surface area contributed by atoms with Crippen molar-refractivity contribution in [3.8, 4) is 0 Å². The van der Waals surface area contributed by atoms with Crippen LogP contribution in [0.4, 0.5) is 0 Å². The van der Waals surface area contributed by atoms with E-state index in [1.807, 2.05) is 37.3 Å². The molecule has 110 valence electrons. The predicted octanol–water partition coefficient (Wildman–Crippen LogP) is 2.99. The summed E-state index contributed by atoms with van der Waals surface area (Å²) in [6, 6.07) is 12.6. The number of carbonyl (C=O) groups is 1. The van der Waals surface area contributed by atoms with Gasteiger partial charge in [0.2, 0.25) is 0 Å².